The summed E-state index contributed by atoms with van der Waals surface area (Å²) in [6, 6.07) is 3.72. The molecule has 0 spiro atoms. The lowest BCUT2D eigenvalue weighted by Gasteiger charge is -2.22. The van der Waals surface area contributed by atoms with E-state index in [1.54, 1.807) is 24.3 Å². The van der Waals surface area contributed by atoms with Gasteiger partial charge in [-0.1, -0.05) is 6.92 Å². The molecule has 0 saturated heterocycles. The van der Waals surface area contributed by atoms with E-state index in [9.17, 15) is 4.79 Å². The summed E-state index contributed by atoms with van der Waals surface area (Å²) >= 11 is 0. The summed E-state index contributed by atoms with van der Waals surface area (Å²) in [4.78, 5) is 17.8. The van der Waals surface area contributed by atoms with Gasteiger partial charge in [-0.2, -0.15) is 0 Å². The zero-order valence-corrected chi connectivity index (χ0v) is 10.1. The third-order valence-electron chi connectivity index (χ3n) is 2.66. The average molecular weight is 221 g/mol. The van der Waals surface area contributed by atoms with Crippen molar-refractivity contribution >= 4 is 11.6 Å². The lowest BCUT2D eigenvalue weighted by Crippen LogP contribution is -2.37. The molecule has 1 unspecified atom stereocenters. The minimum Gasteiger partial charge on any atom is -0.319 e. The monoisotopic (exact) mass is 221 g/mol. The first-order chi connectivity index (χ1) is 7.70. The number of carbonyl (C=O) groups excluding carboxylic acids is 1. The van der Waals surface area contributed by atoms with E-state index in [1.807, 2.05) is 26.1 Å². The van der Waals surface area contributed by atoms with Crippen LogP contribution >= 0.6 is 0 Å². The fraction of sp³-hybridized carbons (Fsp3) is 0.500. The Hall–Kier alpha value is -1.42. The van der Waals surface area contributed by atoms with Crippen molar-refractivity contribution in [2.75, 3.05) is 25.5 Å². The third-order valence-corrected chi connectivity index (χ3v) is 2.66. The first kappa shape index (κ1) is 12.6. The molecule has 16 heavy (non-hydrogen) atoms. The van der Waals surface area contributed by atoms with Gasteiger partial charge in [-0.3, -0.25) is 9.78 Å². The molecule has 0 fully saturated rings. The maximum Gasteiger partial charge on any atom is 0.231 e. The lowest BCUT2D eigenvalue weighted by molar-refractivity contribution is -0.122. The van der Waals surface area contributed by atoms with Gasteiger partial charge in [-0.15, -0.1) is 0 Å². The summed E-state index contributed by atoms with van der Waals surface area (Å²) in [5.41, 5.74) is 0.835. The molecule has 4 heteroatoms. The van der Waals surface area contributed by atoms with Crippen LogP contribution in [-0.4, -0.2) is 31.5 Å². The molecule has 1 atom stereocenters. The van der Waals surface area contributed by atoms with E-state index in [4.69, 9.17) is 0 Å². The van der Waals surface area contributed by atoms with E-state index in [2.05, 4.69) is 10.3 Å². The van der Waals surface area contributed by atoms with Crippen LogP contribution < -0.4 is 10.2 Å². The van der Waals surface area contributed by atoms with E-state index < -0.39 is 0 Å². The van der Waals surface area contributed by atoms with Crippen molar-refractivity contribution in [1.82, 2.24) is 10.3 Å². The van der Waals surface area contributed by atoms with Crippen LogP contribution in [0, 0.1) is 5.92 Å². The fourth-order valence-corrected chi connectivity index (χ4v) is 1.61. The summed E-state index contributed by atoms with van der Waals surface area (Å²) in [6.45, 7) is 2.73. The Morgan fingerprint density at radius 1 is 1.62 bits per heavy atom. The predicted molar refractivity (Wildman–Crippen MR) is 65.4 cm³/mol. The van der Waals surface area contributed by atoms with Gasteiger partial charge < -0.3 is 10.2 Å². The van der Waals surface area contributed by atoms with E-state index in [1.165, 1.54) is 0 Å². The highest BCUT2D eigenvalue weighted by atomic mass is 16.2. The quantitative estimate of drug-likeness (QED) is 0.815. The molecule has 0 radical (unpaired) electrons. The molecule has 4 nitrogen and oxygen atoms in total. The second-order valence-electron chi connectivity index (χ2n) is 3.77. The van der Waals surface area contributed by atoms with Gasteiger partial charge in [0.1, 0.15) is 0 Å². The number of hydrogen-bond donors (Lipinski definition) is 1. The Labute approximate surface area is 96.7 Å². The number of pyridine rings is 1. The van der Waals surface area contributed by atoms with Crippen LogP contribution in [0.2, 0.25) is 0 Å². The molecule has 1 heterocycles. The summed E-state index contributed by atoms with van der Waals surface area (Å²) < 4.78 is 0. The van der Waals surface area contributed by atoms with Gasteiger partial charge in [-0.05, 0) is 25.6 Å². The smallest absolute Gasteiger partial charge is 0.231 e. The van der Waals surface area contributed by atoms with Gasteiger partial charge in [0.05, 0.1) is 17.8 Å². The Balaban J connectivity index is 2.73. The number of nitrogens with zero attached hydrogens (tertiary/aromatic N) is 2. The zero-order valence-electron chi connectivity index (χ0n) is 10.1. The minimum absolute atomic E-state index is 0.0233. The van der Waals surface area contributed by atoms with Crippen molar-refractivity contribution in [1.29, 1.82) is 0 Å². The fourth-order valence-electron chi connectivity index (χ4n) is 1.61. The maximum absolute atomic E-state index is 12.1. The summed E-state index contributed by atoms with van der Waals surface area (Å²) in [6.07, 6.45) is 4.24. The number of aromatic nitrogens is 1. The first-order valence-corrected chi connectivity index (χ1v) is 5.52. The minimum atomic E-state index is 0.0233. The van der Waals surface area contributed by atoms with Gasteiger partial charge >= 0.3 is 0 Å². The van der Waals surface area contributed by atoms with Gasteiger partial charge in [-0.25, -0.2) is 0 Å². The van der Waals surface area contributed by atoms with Gasteiger partial charge in [0.25, 0.3) is 0 Å². The molecule has 88 valence electrons. The molecule has 1 N–H and O–H groups in total. The van der Waals surface area contributed by atoms with Gasteiger partial charge in [0.2, 0.25) is 5.91 Å². The molecular formula is C12H19N3O. The van der Waals surface area contributed by atoms with Crippen LogP contribution in [0.15, 0.2) is 24.5 Å². The van der Waals surface area contributed by atoms with E-state index in [0.29, 0.717) is 6.54 Å². The summed E-state index contributed by atoms with van der Waals surface area (Å²) in [5, 5.41) is 3.04. The van der Waals surface area contributed by atoms with Gasteiger partial charge in [0.15, 0.2) is 0 Å². The van der Waals surface area contributed by atoms with E-state index >= 15 is 0 Å². The largest absolute Gasteiger partial charge is 0.319 e. The van der Waals surface area contributed by atoms with Crippen molar-refractivity contribution in [3.05, 3.63) is 24.5 Å². The van der Waals surface area contributed by atoms with Crippen LogP contribution in [0.3, 0.4) is 0 Å². The van der Waals surface area contributed by atoms with E-state index in [-0.39, 0.29) is 11.8 Å². The zero-order chi connectivity index (χ0) is 12.0. The average Bonchev–Trinajstić information content (AvgIpc) is 2.35. The van der Waals surface area contributed by atoms with Crippen molar-refractivity contribution in [2.45, 2.75) is 13.3 Å². The Morgan fingerprint density at radius 3 is 2.88 bits per heavy atom. The maximum atomic E-state index is 12.1. The number of anilines is 1. The number of rotatable bonds is 5. The molecule has 0 aliphatic rings. The Morgan fingerprint density at radius 2 is 2.38 bits per heavy atom. The van der Waals surface area contributed by atoms with Crippen molar-refractivity contribution < 1.29 is 4.79 Å². The van der Waals surface area contributed by atoms with Crippen LogP contribution in [0.4, 0.5) is 5.69 Å². The van der Waals surface area contributed by atoms with Crippen molar-refractivity contribution in [3.63, 3.8) is 0 Å². The number of carbonyl (C=O) groups is 1. The molecule has 0 aliphatic heterocycles. The highest BCUT2D eigenvalue weighted by Crippen LogP contribution is 2.14. The second-order valence-corrected chi connectivity index (χ2v) is 3.77. The number of nitrogens with one attached hydrogen (secondary N) is 1. The molecule has 0 saturated carbocycles. The van der Waals surface area contributed by atoms with Crippen LogP contribution in [0.1, 0.15) is 13.3 Å². The van der Waals surface area contributed by atoms with Crippen LogP contribution in [-0.2, 0) is 4.79 Å². The molecule has 1 aromatic rings. The van der Waals surface area contributed by atoms with Crippen LogP contribution in [0.25, 0.3) is 0 Å². The Kier molecular flexibility index (Phi) is 4.92. The molecule has 0 aliphatic carbocycles. The standard InChI is InChI=1S/C12H19N3O/c1-4-10(8-13-2)12(16)15(3)11-6-5-7-14-9-11/h5-7,9-10,13H,4,8H2,1-3H3. The predicted octanol–water partition coefficient (Wildman–Crippen LogP) is 1.29. The molecule has 0 aromatic carbocycles. The molecule has 1 rings (SSSR count). The molecule has 1 amide bonds. The normalized spacial score (nSPS) is 12.2. The third kappa shape index (κ3) is 3.03. The summed E-state index contributed by atoms with van der Waals surface area (Å²) in [5.74, 6) is 0.153. The Bertz CT molecular complexity index is 326. The topological polar surface area (TPSA) is 45.2 Å². The number of hydrogen-bond acceptors (Lipinski definition) is 3. The summed E-state index contributed by atoms with van der Waals surface area (Å²) in [7, 11) is 3.65. The molecular weight excluding hydrogens is 202 g/mol. The highest BCUT2D eigenvalue weighted by molar-refractivity contribution is 5.94. The van der Waals surface area contributed by atoms with Gasteiger partial charge in [0, 0.05) is 19.8 Å². The van der Waals surface area contributed by atoms with Crippen LogP contribution in [0.5, 0.6) is 0 Å². The van der Waals surface area contributed by atoms with Crippen molar-refractivity contribution in [3.8, 4) is 0 Å². The number of amides is 1. The SMILES string of the molecule is CCC(CNC)C(=O)N(C)c1cccnc1. The second kappa shape index (κ2) is 6.23. The van der Waals surface area contributed by atoms with E-state index in [0.717, 1.165) is 12.1 Å². The molecule has 1 aromatic heterocycles. The highest BCUT2D eigenvalue weighted by Gasteiger charge is 2.20. The lowest BCUT2D eigenvalue weighted by atomic mass is 10.1. The molecule has 0 bridgehead atoms. The van der Waals surface area contributed by atoms with Crippen molar-refractivity contribution in [2.24, 2.45) is 5.92 Å². The first-order valence-electron chi connectivity index (χ1n) is 5.52.